The predicted octanol–water partition coefficient (Wildman–Crippen LogP) is 1.85. The Hall–Kier alpha value is -1.45. The summed E-state index contributed by atoms with van der Waals surface area (Å²) in [6.07, 6.45) is 1.64. The normalized spacial score (nSPS) is 10.9. The number of hydrogen-bond acceptors (Lipinski definition) is 1. The third-order valence-electron chi connectivity index (χ3n) is 1.66. The molecule has 0 fully saturated rings. The predicted molar refractivity (Wildman–Crippen MR) is 40.6 cm³/mol. The third-order valence-corrected chi connectivity index (χ3v) is 1.66. The van der Waals surface area contributed by atoms with E-state index in [0.29, 0.717) is 10.9 Å². The van der Waals surface area contributed by atoms with Gasteiger partial charge in [0.15, 0.2) is 11.6 Å². The zero-order chi connectivity index (χ0) is 8.72. The Morgan fingerprint density at radius 2 is 1.92 bits per heavy atom. The molecule has 0 aliphatic heterocycles. The van der Waals surface area contributed by atoms with Crippen molar-refractivity contribution in [2.24, 2.45) is 7.05 Å². The third kappa shape index (κ3) is 0.958. The highest BCUT2D eigenvalue weighted by Gasteiger charge is 2.05. The zero-order valence-electron chi connectivity index (χ0n) is 6.38. The largest absolute Gasteiger partial charge is 0.275 e. The van der Waals surface area contributed by atoms with E-state index in [2.05, 4.69) is 5.10 Å². The van der Waals surface area contributed by atoms with Gasteiger partial charge in [0.1, 0.15) is 0 Å². The maximum atomic E-state index is 12.6. The van der Waals surface area contributed by atoms with E-state index >= 15 is 0 Å². The molecule has 1 heterocycles. The Labute approximate surface area is 67.4 Å². The summed E-state index contributed by atoms with van der Waals surface area (Å²) >= 11 is 0. The molecule has 0 aliphatic carbocycles. The molecule has 0 radical (unpaired) electrons. The van der Waals surface area contributed by atoms with Gasteiger partial charge in [-0.15, -0.1) is 0 Å². The van der Waals surface area contributed by atoms with Crippen LogP contribution in [0.1, 0.15) is 0 Å². The first-order valence-electron chi connectivity index (χ1n) is 3.45. The fraction of sp³-hybridized carbons (Fsp3) is 0.125. The molecule has 0 saturated carbocycles. The lowest BCUT2D eigenvalue weighted by Gasteiger charge is -1.90. The van der Waals surface area contributed by atoms with Gasteiger partial charge in [-0.1, -0.05) is 0 Å². The smallest absolute Gasteiger partial charge is 0.161 e. The van der Waals surface area contributed by atoms with Gasteiger partial charge in [0.05, 0.1) is 5.52 Å². The van der Waals surface area contributed by atoms with Crippen LogP contribution in [0.25, 0.3) is 10.9 Å². The standard InChI is InChI=1S/C8H6F2N2/c1-12-4-5-2-6(9)7(10)3-8(5)11-12/h2-4H,1H3. The molecule has 0 unspecified atom stereocenters. The average molecular weight is 168 g/mol. The molecule has 12 heavy (non-hydrogen) atoms. The average Bonchev–Trinajstić information content (AvgIpc) is 2.30. The molecule has 2 nitrogen and oxygen atoms in total. The van der Waals surface area contributed by atoms with Gasteiger partial charge in [0.2, 0.25) is 0 Å². The van der Waals surface area contributed by atoms with Crippen molar-refractivity contribution in [2.75, 3.05) is 0 Å². The van der Waals surface area contributed by atoms with Crippen LogP contribution in [0.15, 0.2) is 18.3 Å². The van der Waals surface area contributed by atoms with E-state index in [1.807, 2.05) is 0 Å². The van der Waals surface area contributed by atoms with Crippen molar-refractivity contribution in [3.63, 3.8) is 0 Å². The van der Waals surface area contributed by atoms with E-state index in [9.17, 15) is 8.78 Å². The van der Waals surface area contributed by atoms with Crippen molar-refractivity contribution in [3.8, 4) is 0 Å². The lowest BCUT2D eigenvalue weighted by Crippen LogP contribution is -1.85. The van der Waals surface area contributed by atoms with Gasteiger partial charge in [-0.25, -0.2) is 8.78 Å². The number of nitrogens with zero attached hydrogens (tertiary/aromatic N) is 2. The Morgan fingerprint density at radius 1 is 1.25 bits per heavy atom. The summed E-state index contributed by atoms with van der Waals surface area (Å²) in [5.74, 6) is -1.70. The molecule has 4 heteroatoms. The maximum Gasteiger partial charge on any atom is 0.161 e. The highest BCUT2D eigenvalue weighted by Crippen LogP contribution is 2.15. The van der Waals surface area contributed by atoms with Gasteiger partial charge in [-0.3, -0.25) is 4.68 Å². The minimum Gasteiger partial charge on any atom is -0.275 e. The molecule has 0 aliphatic rings. The molecule has 2 rings (SSSR count). The molecule has 0 saturated heterocycles. The number of aryl methyl sites for hydroxylation is 1. The fourth-order valence-corrected chi connectivity index (χ4v) is 1.14. The quantitative estimate of drug-likeness (QED) is 0.587. The van der Waals surface area contributed by atoms with Gasteiger partial charge >= 0.3 is 0 Å². The Balaban J connectivity index is 2.83. The van der Waals surface area contributed by atoms with Crippen molar-refractivity contribution < 1.29 is 8.78 Å². The molecule has 0 amide bonds. The molecule has 0 atom stereocenters. The second kappa shape index (κ2) is 2.27. The summed E-state index contributed by atoms with van der Waals surface area (Å²) in [7, 11) is 1.70. The molecule has 1 aromatic carbocycles. The van der Waals surface area contributed by atoms with Crippen LogP contribution in [-0.4, -0.2) is 9.78 Å². The first-order valence-corrected chi connectivity index (χ1v) is 3.45. The first-order chi connectivity index (χ1) is 5.66. The summed E-state index contributed by atoms with van der Waals surface area (Å²) < 4.78 is 26.8. The first kappa shape index (κ1) is 7.21. The summed E-state index contributed by atoms with van der Waals surface area (Å²) in [4.78, 5) is 0. The fourth-order valence-electron chi connectivity index (χ4n) is 1.14. The zero-order valence-corrected chi connectivity index (χ0v) is 6.38. The van der Waals surface area contributed by atoms with Gasteiger partial charge in [0.25, 0.3) is 0 Å². The van der Waals surface area contributed by atoms with E-state index in [4.69, 9.17) is 0 Å². The highest BCUT2D eigenvalue weighted by atomic mass is 19.2. The van der Waals surface area contributed by atoms with Crippen LogP contribution in [-0.2, 0) is 7.05 Å². The minimum absolute atomic E-state index is 0.469. The van der Waals surface area contributed by atoms with E-state index in [-0.39, 0.29) is 0 Å². The van der Waals surface area contributed by atoms with Crippen molar-refractivity contribution >= 4 is 10.9 Å². The lowest BCUT2D eigenvalue weighted by molar-refractivity contribution is 0.511. The topological polar surface area (TPSA) is 17.8 Å². The van der Waals surface area contributed by atoms with Crippen LogP contribution in [0.3, 0.4) is 0 Å². The summed E-state index contributed by atoms with van der Waals surface area (Å²) in [6.45, 7) is 0. The van der Waals surface area contributed by atoms with Crippen molar-refractivity contribution in [2.45, 2.75) is 0 Å². The van der Waals surface area contributed by atoms with Crippen LogP contribution in [0.5, 0.6) is 0 Å². The van der Waals surface area contributed by atoms with Crippen molar-refractivity contribution in [1.82, 2.24) is 9.78 Å². The number of benzene rings is 1. The summed E-state index contributed by atoms with van der Waals surface area (Å²) in [6, 6.07) is 2.22. The van der Waals surface area contributed by atoms with Crippen LogP contribution < -0.4 is 0 Å². The van der Waals surface area contributed by atoms with Crippen LogP contribution in [0, 0.1) is 11.6 Å². The molecule has 0 bridgehead atoms. The number of halogens is 2. The van der Waals surface area contributed by atoms with Crippen LogP contribution in [0.4, 0.5) is 8.78 Å². The molecule has 62 valence electrons. The van der Waals surface area contributed by atoms with Crippen LogP contribution in [0.2, 0.25) is 0 Å². The van der Waals surface area contributed by atoms with Crippen molar-refractivity contribution in [3.05, 3.63) is 30.0 Å². The van der Waals surface area contributed by atoms with E-state index in [1.54, 1.807) is 13.2 Å². The Kier molecular flexibility index (Phi) is 1.36. The minimum atomic E-state index is -0.860. The van der Waals surface area contributed by atoms with Crippen LogP contribution >= 0.6 is 0 Å². The maximum absolute atomic E-state index is 12.6. The second-order valence-electron chi connectivity index (χ2n) is 2.63. The lowest BCUT2D eigenvalue weighted by atomic mass is 10.2. The number of rotatable bonds is 0. The van der Waals surface area contributed by atoms with E-state index in [1.165, 1.54) is 4.68 Å². The molecular weight excluding hydrogens is 162 g/mol. The van der Waals surface area contributed by atoms with Gasteiger partial charge in [0, 0.05) is 24.7 Å². The Morgan fingerprint density at radius 3 is 2.67 bits per heavy atom. The molecule has 2 aromatic rings. The molecule has 0 spiro atoms. The van der Waals surface area contributed by atoms with E-state index < -0.39 is 11.6 Å². The van der Waals surface area contributed by atoms with E-state index in [0.717, 1.165) is 12.1 Å². The van der Waals surface area contributed by atoms with Gasteiger partial charge < -0.3 is 0 Å². The number of hydrogen-bond donors (Lipinski definition) is 0. The molecular formula is C8H6F2N2. The Bertz CT molecular complexity index is 395. The molecule has 0 N–H and O–H groups in total. The second-order valence-corrected chi connectivity index (χ2v) is 2.63. The van der Waals surface area contributed by atoms with Crippen molar-refractivity contribution in [1.29, 1.82) is 0 Å². The summed E-state index contributed by atoms with van der Waals surface area (Å²) in [5, 5.41) is 4.53. The highest BCUT2D eigenvalue weighted by molar-refractivity contribution is 5.77. The SMILES string of the molecule is Cn1cc2cc(F)c(F)cc2n1. The summed E-state index contributed by atoms with van der Waals surface area (Å²) in [5.41, 5.74) is 0.469. The number of fused-ring (bicyclic) bond motifs is 1. The van der Waals surface area contributed by atoms with Gasteiger partial charge in [-0.05, 0) is 6.07 Å². The van der Waals surface area contributed by atoms with Gasteiger partial charge in [-0.2, -0.15) is 5.10 Å². The monoisotopic (exact) mass is 168 g/mol. The molecule has 1 aromatic heterocycles. The number of aromatic nitrogens is 2.